The van der Waals surface area contributed by atoms with Gasteiger partial charge in [-0.3, -0.25) is 9.59 Å². The first kappa shape index (κ1) is 21.0. The number of carbonyl (C=O) groups excluding carboxylic acids is 2. The summed E-state index contributed by atoms with van der Waals surface area (Å²) in [6, 6.07) is 8.36. The molecule has 4 rings (SSSR count). The third-order valence-electron chi connectivity index (χ3n) is 5.14. The topological polar surface area (TPSA) is 123 Å². The summed E-state index contributed by atoms with van der Waals surface area (Å²) in [5.74, 6) is 0.208. The van der Waals surface area contributed by atoms with Crippen LogP contribution in [-0.4, -0.2) is 30.0 Å². The minimum Gasteiger partial charge on any atom is -0.468 e. The smallest absolute Gasteiger partial charge is 0.249 e. The van der Waals surface area contributed by atoms with Crippen LogP contribution < -0.4 is 10.0 Å². The van der Waals surface area contributed by atoms with Gasteiger partial charge in [-0.1, -0.05) is 19.1 Å². The van der Waals surface area contributed by atoms with Gasteiger partial charge in [-0.05, 0) is 42.7 Å². The van der Waals surface area contributed by atoms with E-state index < -0.39 is 10.0 Å². The molecule has 162 valence electrons. The lowest BCUT2D eigenvalue weighted by molar-refractivity contribution is -0.116. The number of fused-ring (bicyclic) bond motifs is 1. The first-order chi connectivity index (χ1) is 14.8. The molecule has 0 radical (unpaired) electrons. The molecule has 1 aliphatic heterocycles. The Morgan fingerprint density at radius 2 is 2.03 bits per heavy atom. The van der Waals surface area contributed by atoms with Crippen LogP contribution in [0.5, 0.6) is 0 Å². The summed E-state index contributed by atoms with van der Waals surface area (Å²) in [4.78, 5) is 24.7. The standard InChI is InChI=1S/C21H22N4O5S/c1-3-16-20(21-23-18(26)8-9-19(27)25(21)24-16)14-7-6-13(2)17(11-14)31(28,29)22-12-15-5-4-10-30-15/h4-7,10-11,22H,3,8-9,12H2,1-2H3,(H,23,26). The highest BCUT2D eigenvalue weighted by atomic mass is 32.2. The highest BCUT2D eigenvalue weighted by Crippen LogP contribution is 2.35. The summed E-state index contributed by atoms with van der Waals surface area (Å²) in [5.41, 5.74) is 2.26. The summed E-state index contributed by atoms with van der Waals surface area (Å²) in [5, 5.41) is 7.13. The van der Waals surface area contributed by atoms with Crippen LogP contribution in [0.2, 0.25) is 0 Å². The number of benzene rings is 1. The van der Waals surface area contributed by atoms with Gasteiger partial charge in [0, 0.05) is 18.4 Å². The van der Waals surface area contributed by atoms with Crippen LogP contribution >= 0.6 is 0 Å². The molecule has 1 aliphatic rings. The molecule has 0 unspecified atom stereocenters. The number of aryl methyl sites for hydroxylation is 2. The SMILES string of the molecule is CCc1nn2c(c1-c1ccc(C)c(S(=O)(=O)NCc3ccco3)c1)NC(=O)CCC2=O. The minimum atomic E-state index is -3.84. The molecule has 10 heteroatoms. The number of hydrogen-bond donors (Lipinski definition) is 2. The van der Waals surface area contributed by atoms with Gasteiger partial charge in [-0.25, -0.2) is 13.1 Å². The molecule has 9 nitrogen and oxygen atoms in total. The molecule has 2 aromatic heterocycles. The predicted octanol–water partition coefficient (Wildman–Crippen LogP) is 2.86. The number of amides is 1. The number of nitrogens with one attached hydrogen (secondary N) is 2. The minimum absolute atomic E-state index is 0.0208. The van der Waals surface area contributed by atoms with Gasteiger partial charge in [0.15, 0.2) is 0 Å². The summed E-state index contributed by atoms with van der Waals surface area (Å²) < 4.78 is 34.9. The second-order valence-corrected chi connectivity index (χ2v) is 9.00. The van der Waals surface area contributed by atoms with E-state index in [9.17, 15) is 18.0 Å². The zero-order chi connectivity index (χ0) is 22.2. The van der Waals surface area contributed by atoms with Crippen molar-refractivity contribution < 1.29 is 22.4 Å². The van der Waals surface area contributed by atoms with E-state index in [4.69, 9.17) is 4.42 Å². The number of sulfonamides is 1. The zero-order valence-electron chi connectivity index (χ0n) is 17.1. The second-order valence-electron chi connectivity index (χ2n) is 7.26. The first-order valence-corrected chi connectivity index (χ1v) is 11.4. The van der Waals surface area contributed by atoms with Gasteiger partial charge in [0.05, 0.1) is 23.4 Å². The van der Waals surface area contributed by atoms with E-state index in [1.54, 1.807) is 37.3 Å². The second kappa shape index (κ2) is 8.12. The average molecular weight is 442 g/mol. The van der Waals surface area contributed by atoms with Crippen molar-refractivity contribution in [3.8, 4) is 11.1 Å². The molecule has 0 saturated heterocycles. The number of hydrogen-bond acceptors (Lipinski definition) is 6. The number of anilines is 1. The lowest BCUT2D eigenvalue weighted by Crippen LogP contribution is -2.23. The fourth-order valence-corrected chi connectivity index (χ4v) is 4.79. The average Bonchev–Trinajstić information content (AvgIpc) is 3.36. The van der Waals surface area contributed by atoms with Gasteiger partial charge in [0.2, 0.25) is 21.8 Å². The molecule has 1 amide bonds. The molecule has 3 heterocycles. The lowest BCUT2D eigenvalue weighted by Gasteiger charge is -2.12. The Balaban J connectivity index is 1.78. The van der Waals surface area contributed by atoms with Crippen LogP contribution in [0.3, 0.4) is 0 Å². The molecule has 0 atom stereocenters. The van der Waals surface area contributed by atoms with Crippen molar-refractivity contribution >= 4 is 27.7 Å². The molecule has 31 heavy (non-hydrogen) atoms. The number of carbonyl (C=O) groups is 2. The van der Waals surface area contributed by atoms with Crippen LogP contribution in [0.15, 0.2) is 45.9 Å². The van der Waals surface area contributed by atoms with Gasteiger partial charge in [-0.15, -0.1) is 0 Å². The fraction of sp³-hybridized carbons (Fsp3) is 0.286. The van der Waals surface area contributed by atoms with Crippen LogP contribution in [0.4, 0.5) is 5.82 Å². The van der Waals surface area contributed by atoms with E-state index >= 15 is 0 Å². The maximum absolute atomic E-state index is 13.0. The third kappa shape index (κ3) is 4.04. The van der Waals surface area contributed by atoms with E-state index in [-0.39, 0.29) is 41.9 Å². The molecular weight excluding hydrogens is 420 g/mol. The summed E-state index contributed by atoms with van der Waals surface area (Å²) >= 11 is 0. The molecule has 1 aromatic carbocycles. The van der Waals surface area contributed by atoms with Crippen molar-refractivity contribution in [3.63, 3.8) is 0 Å². The molecule has 0 fully saturated rings. The van der Waals surface area contributed by atoms with Crippen LogP contribution in [0.1, 0.15) is 41.6 Å². The van der Waals surface area contributed by atoms with Crippen molar-refractivity contribution in [2.24, 2.45) is 0 Å². The Morgan fingerprint density at radius 3 is 2.74 bits per heavy atom. The van der Waals surface area contributed by atoms with Crippen molar-refractivity contribution in [2.75, 3.05) is 5.32 Å². The Bertz CT molecular complexity index is 1260. The van der Waals surface area contributed by atoms with Gasteiger partial charge >= 0.3 is 0 Å². The van der Waals surface area contributed by atoms with Gasteiger partial charge in [-0.2, -0.15) is 9.78 Å². The Morgan fingerprint density at radius 1 is 1.23 bits per heavy atom. The quantitative estimate of drug-likeness (QED) is 0.605. The van der Waals surface area contributed by atoms with Crippen LogP contribution in [0, 0.1) is 6.92 Å². The largest absolute Gasteiger partial charge is 0.468 e. The predicted molar refractivity (Wildman–Crippen MR) is 113 cm³/mol. The molecule has 2 N–H and O–H groups in total. The van der Waals surface area contributed by atoms with Gasteiger partial charge in [0.25, 0.3) is 0 Å². The third-order valence-corrected chi connectivity index (χ3v) is 6.68. The van der Waals surface area contributed by atoms with Crippen molar-refractivity contribution in [3.05, 3.63) is 53.6 Å². The highest BCUT2D eigenvalue weighted by molar-refractivity contribution is 7.89. The monoisotopic (exact) mass is 442 g/mol. The van der Waals surface area contributed by atoms with E-state index in [1.165, 1.54) is 10.9 Å². The molecule has 3 aromatic rings. The Labute approximate surface area is 179 Å². The van der Waals surface area contributed by atoms with E-state index in [0.717, 1.165) is 0 Å². The number of aromatic nitrogens is 2. The normalized spacial score (nSPS) is 14.3. The van der Waals surface area contributed by atoms with Crippen LogP contribution in [0.25, 0.3) is 11.1 Å². The molecule has 0 aliphatic carbocycles. The van der Waals surface area contributed by atoms with E-state index in [0.29, 0.717) is 34.6 Å². The van der Waals surface area contributed by atoms with Crippen molar-refractivity contribution in [2.45, 2.75) is 44.6 Å². The summed E-state index contributed by atoms with van der Waals surface area (Å²) in [7, 11) is -3.84. The molecule has 0 spiro atoms. The number of nitrogens with zero attached hydrogens (tertiary/aromatic N) is 2. The zero-order valence-corrected chi connectivity index (χ0v) is 18.0. The maximum Gasteiger partial charge on any atom is 0.249 e. The number of rotatable bonds is 6. The highest BCUT2D eigenvalue weighted by Gasteiger charge is 2.28. The lowest BCUT2D eigenvalue weighted by atomic mass is 10.0. The molecule has 0 saturated carbocycles. The first-order valence-electron chi connectivity index (χ1n) is 9.88. The summed E-state index contributed by atoms with van der Waals surface area (Å²) in [6.07, 6.45) is 2.12. The van der Waals surface area contributed by atoms with Crippen molar-refractivity contribution in [1.29, 1.82) is 0 Å². The number of furan rings is 1. The molecule has 0 bridgehead atoms. The Kier molecular flexibility index (Phi) is 5.50. The van der Waals surface area contributed by atoms with Crippen molar-refractivity contribution in [1.82, 2.24) is 14.5 Å². The van der Waals surface area contributed by atoms with Crippen LogP contribution in [-0.2, 0) is 27.8 Å². The maximum atomic E-state index is 13.0. The van der Waals surface area contributed by atoms with E-state index in [1.807, 2.05) is 6.92 Å². The summed E-state index contributed by atoms with van der Waals surface area (Å²) in [6.45, 7) is 3.61. The van der Waals surface area contributed by atoms with Gasteiger partial charge in [0.1, 0.15) is 11.6 Å². The molecular formula is C21H22N4O5S. The Hall–Kier alpha value is -3.24. The van der Waals surface area contributed by atoms with Gasteiger partial charge < -0.3 is 9.73 Å². The van der Waals surface area contributed by atoms with E-state index in [2.05, 4.69) is 15.1 Å². The fourth-order valence-electron chi connectivity index (χ4n) is 3.53.